The number of nitrogens with one attached hydrogen (secondary N) is 1. The van der Waals surface area contributed by atoms with Gasteiger partial charge >= 0.3 is 5.97 Å². The summed E-state index contributed by atoms with van der Waals surface area (Å²) in [7, 11) is 0. The first-order valence-electron chi connectivity index (χ1n) is 4.33. The molecule has 4 nitrogen and oxygen atoms in total. The zero-order valence-electron chi connectivity index (χ0n) is 7.45. The molecule has 1 aromatic rings. The third-order valence-electron chi connectivity index (χ3n) is 2.01. The molecule has 2 rings (SSSR count). The fourth-order valence-corrected chi connectivity index (χ4v) is 1.34. The number of benzene rings is 1. The number of rotatable bonds is 0. The van der Waals surface area contributed by atoms with E-state index in [1.807, 2.05) is 0 Å². The van der Waals surface area contributed by atoms with Crippen molar-refractivity contribution in [2.75, 3.05) is 13.2 Å². The van der Waals surface area contributed by atoms with E-state index in [1.165, 1.54) is 0 Å². The molecule has 0 aromatic heterocycles. The zero-order valence-corrected chi connectivity index (χ0v) is 7.45. The molecule has 1 aromatic carbocycles. The highest BCUT2D eigenvalue weighted by molar-refractivity contribution is 6.05. The SMILES string of the molecule is O=C1NCCOC(=O)c2ccccc21. The highest BCUT2D eigenvalue weighted by atomic mass is 16.5. The van der Waals surface area contributed by atoms with Crippen molar-refractivity contribution in [1.82, 2.24) is 5.32 Å². The van der Waals surface area contributed by atoms with Crippen LogP contribution in [0.4, 0.5) is 0 Å². The van der Waals surface area contributed by atoms with E-state index < -0.39 is 5.97 Å². The predicted octanol–water partition coefficient (Wildman–Crippen LogP) is 0.587. The highest BCUT2D eigenvalue weighted by Gasteiger charge is 2.19. The summed E-state index contributed by atoms with van der Waals surface area (Å²) >= 11 is 0. The Hall–Kier alpha value is -1.84. The molecule has 0 saturated heterocycles. The molecule has 14 heavy (non-hydrogen) atoms. The van der Waals surface area contributed by atoms with Gasteiger partial charge in [-0.3, -0.25) is 4.79 Å². The molecule has 0 saturated carbocycles. The van der Waals surface area contributed by atoms with Crippen LogP contribution in [0.5, 0.6) is 0 Å². The molecular weight excluding hydrogens is 182 g/mol. The molecular formula is C10H9NO3. The molecule has 72 valence electrons. The van der Waals surface area contributed by atoms with Gasteiger partial charge in [-0.1, -0.05) is 12.1 Å². The maximum absolute atomic E-state index is 11.5. The van der Waals surface area contributed by atoms with E-state index >= 15 is 0 Å². The maximum Gasteiger partial charge on any atom is 0.339 e. The first kappa shape index (κ1) is 8.74. The van der Waals surface area contributed by atoms with E-state index in [0.717, 1.165) is 0 Å². The van der Waals surface area contributed by atoms with Crippen LogP contribution in [0, 0.1) is 0 Å². The largest absolute Gasteiger partial charge is 0.460 e. The molecule has 0 atom stereocenters. The molecule has 0 spiro atoms. The molecule has 1 aliphatic heterocycles. The van der Waals surface area contributed by atoms with E-state index in [4.69, 9.17) is 4.74 Å². The van der Waals surface area contributed by atoms with Crippen LogP contribution in [-0.2, 0) is 4.74 Å². The third-order valence-corrected chi connectivity index (χ3v) is 2.01. The van der Waals surface area contributed by atoms with Crippen molar-refractivity contribution in [3.8, 4) is 0 Å². The summed E-state index contributed by atoms with van der Waals surface area (Å²) in [6.45, 7) is 0.581. The van der Waals surface area contributed by atoms with Crippen molar-refractivity contribution in [3.63, 3.8) is 0 Å². The smallest absolute Gasteiger partial charge is 0.339 e. The van der Waals surface area contributed by atoms with Gasteiger partial charge in [0, 0.05) is 0 Å². The van der Waals surface area contributed by atoms with E-state index in [9.17, 15) is 9.59 Å². The number of cyclic esters (lactones) is 1. The van der Waals surface area contributed by atoms with Gasteiger partial charge in [-0.25, -0.2) is 4.79 Å². The predicted molar refractivity (Wildman–Crippen MR) is 49.1 cm³/mol. The number of carbonyl (C=O) groups excluding carboxylic acids is 2. The van der Waals surface area contributed by atoms with Crippen LogP contribution >= 0.6 is 0 Å². The van der Waals surface area contributed by atoms with Gasteiger partial charge in [-0.05, 0) is 12.1 Å². The molecule has 0 unspecified atom stereocenters. The van der Waals surface area contributed by atoms with Gasteiger partial charge in [0.05, 0.1) is 17.7 Å². The topological polar surface area (TPSA) is 55.4 Å². The van der Waals surface area contributed by atoms with Gasteiger partial charge in [0.2, 0.25) is 0 Å². The Morgan fingerprint density at radius 3 is 2.64 bits per heavy atom. The average Bonchev–Trinajstić information content (AvgIpc) is 2.22. The number of hydrogen-bond donors (Lipinski definition) is 1. The second-order valence-corrected chi connectivity index (χ2v) is 2.94. The molecule has 0 bridgehead atoms. The van der Waals surface area contributed by atoms with Crippen LogP contribution in [0.15, 0.2) is 24.3 Å². The van der Waals surface area contributed by atoms with Gasteiger partial charge in [0.1, 0.15) is 6.61 Å². The zero-order chi connectivity index (χ0) is 9.97. The average molecular weight is 191 g/mol. The molecule has 1 amide bonds. The first-order chi connectivity index (χ1) is 6.79. The summed E-state index contributed by atoms with van der Waals surface area (Å²) in [5, 5.41) is 2.65. The fraction of sp³-hybridized carbons (Fsp3) is 0.200. The van der Waals surface area contributed by atoms with Crippen LogP contribution in [0.3, 0.4) is 0 Å². The van der Waals surface area contributed by atoms with E-state index in [2.05, 4.69) is 5.32 Å². The van der Waals surface area contributed by atoms with Crippen LogP contribution in [0.25, 0.3) is 0 Å². The normalized spacial score (nSPS) is 16.0. The number of ether oxygens (including phenoxy) is 1. The quantitative estimate of drug-likeness (QED) is 0.610. The number of amides is 1. The Balaban J connectivity index is 2.49. The lowest BCUT2D eigenvalue weighted by atomic mass is 10.1. The molecule has 4 heteroatoms. The monoisotopic (exact) mass is 191 g/mol. The number of hydrogen-bond acceptors (Lipinski definition) is 3. The van der Waals surface area contributed by atoms with Crippen molar-refractivity contribution in [2.45, 2.75) is 0 Å². The van der Waals surface area contributed by atoms with Gasteiger partial charge in [-0.2, -0.15) is 0 Å². The lowest BCUT2D eigenvalue weighted by molar-refractivity contribution is 0.0489. The number of esters is 1. The Morgan fingerprint density at radius 1 is 1.14 bits per heavy atom. The van der Waals surface area contributed by atoms with E-state index in [1.54, 1.807) is 24.3 Å². The standard InChI is InChI=1S/C10H9NO3/c12-9-7-3-1-2-4-8(7)10(13)14-6-5-11-9/h1-4H,5-6H2,(H,11,12). The van der Waals surface area contributed by atoms with Crippen molar-refractivity contribution >= 4 is 11.9 Å². The van der Waals surface area contributed by atoms with Gasteiger partial charge in [0.15, 0.2) is 0 Å². The van der Waals surface area contributed by atoms with Gasteiger partial charge in [0.25, 0.3) is 5.91 Å². The minimum absolute atomic E-state index is 0.221. The molecule has 1 N–H and O–H groups in total. The molecule has 0 aliphatic carbocycles. The van der Waals surface area contributed by atoms with Crippen molar-refractivity contribution in [2.24, 2.45) is 0 Å². The minimum Gasteiger partial charge on any atom is -0.460 e. The summed E-state index contributed by atoms with van der Waals surface area (Å²) in [6, 6.07) is 6.61. The van der Waals surface area contributed by atoms with Crippen molar-refractivity contribution in [3.05, 3.63) is 35.4 Å². The molecule has 0 fully saturated rings. The van der Waals surface area contributed by atoms with E-state index in [0.29, 0.717) is 17.7 Å². The Bertz CT molecular complexity index is 350. The van der Waals surface area contributed by atoms with Gasteiger partial charge < -0.3 is 10.1 Å². The third kappa shape index (κ3) is 1.46. The number of carbonyl (C=O) groups is 2. The van der Waals surface area contributed by atoms with Crippen LogP contribution in [-0.4, -0.2) is 25.0 Å². The second kappa shape index (κ2) is 3.49. The Labute approximate surface area is 80.9 Å². The molecule has 1 heterocycles. The van der Waals surface area contributed by atoms with Crippen molar-refractivity contribution in [1.29, 1.82) is 0 Å². The molecule has 0 radical (unpaired) electrons. The summed E-state index contributed by atoms with van der Waals surface area (Å²) in [4.78, 5) is 22.9. The summed E-state index contributed by atoms with van der Waals surface area (Å²) in [5.41, 5.74) is 0.696. The fourth-order valence-electron chi connectivity index (χ4n) is 1.34. The summed E-state index contributed by atoms with van der Waals surface area (Å²) in [6.07, 6.45) is 0. The van der Waals surface area contributed by atoms with Crippen LogP contribution in [0.1, 0.15) is 20.7 Å². The summed E-state index contributed by atoms with van der Waals surface area (Å²) < 4.78 is 4.90. The van der Waals surface area contributed by atoms with Crippen LogP contribution < -0.4 is 5.32 Å². The lowest BCUT2D eigenvalue weighted by Gasteiger charge is -2.13. The van der Waals surface area contributed by atoms with Crippen LogP contribution in [0.2, 0.25) is 0 Å². The van der Waals surface area contributed by atoms with E-state index in [-0.39, 0.29) is 12.5 Å². The lowest BCUT2D eigenvalue weighted by Crippen LogP contribution is -2.32. The molecule has 1 aliphatic rings. The van der Waals surface area contributed by atoms with Crippen molar-refractivity contribution < 1.29 is 14.3 Å². The van der Waals surface area contributed by atoms with Gasteiger partial charge in [-0.15, -0.1) is 0 Å². The minimum atomic E-state index is -0.435. The first-order valence-corrected chi connectivity index (χ1v) is 4.33. The second-order valence-electron chi connectivity index (χ2n) is 2.94. The summed E-state index contributed by atoms with van der Waals surface area (Å²) in [5.74, 6) is -0.660. The number of fused-ring (bicyclic) bond motifs is 1. The maximum atomic E-state index is 11.5. The Kier molecular flexibility index (Phi) is 2.18. The Morgan fingerprint density at radius 2 is 1.86 bits per heavy atom. The highest BCUT2D eigenvalue weighted by Crippen LogP contribution is 2.11.